The summed E-state index contributed by atoms with van der Waals surface area (Å²) in [5.74, 6) is -0.727. The van der Waals surface area contributed by atoms with E-state index in [0.29, 0.717) is 10.4 Å². The highest BCUT2D eigenvalue weighted by atomic mass is 35.5. The summed E-state index contributed by atoms with van der Waals surface area (Å²) in [5.41, 5.74) is 0.188. The molecule has 0 saturated carbocycles. The maximum absolute atomic E-state index is 13.6. The molecule has 1 unspecified atom stereocenters. The van der Waals surface area contributed by atoms with Gasteiger partial charge in [-0.15, -0.1) is 0 Å². The van der Waals surface area contributed by atoms with E-state index in [-0.39, 0.29) is 37.3 Å². The van der Waals surface area contributed by atoms with Gasteiger partial charge in [0.15, 0.2) is 0 Å². The first-order chi connectivity index (χ1) is 15.7. The number of rotatable bonds is 5. The Bertz CT molecular complexity index is 1480. The van der Waals surface area contributed by atoms with Crippen LogP contribution >= 0.6 is 34.8 Å². The van der Waals surface area contributed by atoms with Crippen molar-refractivity contribution in [1.82, 2.24) is 3.97 Å². The lowest BCUT2D eigenvalue weighted by Gasteiger charge is -2.19. The van der Waals surface area contributed by atoms with Crippen molar-refractivity contribution in [2.24, 2.45) is 0 Å². The second-order valence-electron chi connectivity index (χ2n) is 7.07. The van der Waals surface area contributed by atoms with Gasteiger partial charge in [-0.25, -0.2) is 17.2 Å². The average molecular weight is 525 g/mol. The van der Waals surface area contributed by atoms with E-state index in [2.05, 4.69) is 0 Å². The molecule has 0 spiro atoms. The number of ether oxygens (including phenoxy) is 1. The van der Waals surface area contributed by atoms with Crippen LogP contribution in [-0.2, 0) is 14.8 Å². The lowest BCUT2D eigenvalue weighted by molar-refractivity contribution is 0.0600. The normalized spacial score (nSPS) is 12.6. The Labute approximate surface area is 204 Å². The summed E-state index contributed by atoms with van der Waals surface area (Å²) in [6.07, 6.45) is -1.60. The standard InChI is InChI=1S/C23H16Cl3NO5S/c1-32-23(29)16-9-10-17(25)20(21(16)26)22(28)19-11-13-7-8-14(24)12-18(13)27(19)33(30,31)15-5-3-2-4-6-15/h2-12,22,28H,1H3. The van der Waals surface area contributed by atoms with E-state index in [0.717, 1.165) is 3.97 Å². The second kappa shape index (κ2) is 9.00. The number of nitrogens with zero attached hydrogens (tertiary/aromatic N) is 1. The van der Waals surface area contributed by atoms with E-state index >= 15 is 0 Å². The van der Waals surface area contributed by atoms with Crippen LogP contribution in [0.1, 0.15) is 27.7 Å². The molecule has 0 amide bonds. The zero-order valence-electron chi connectivity index (χ0n) is 17.0. The van der Waals surface area contributed by atoms with Crippen LogP contribution in [0, 0.1) is 0 Å². The first-order valence-electron chi connectivity index (χ1n) is 9.52. The summed E-state index contributed by atoms with van der Waals surface area (Å²) in [6.45, 7) is 0. The van der Waals surface area contributed by atoms with E-state index in [1.807, 2.05) is 0 Å². The fraction of sp³-hybridized carbons (Fsp3) is 0.0870. The number of aliphatic hydroxyl groups excluding tert-OH is 1. The predicted molar refractivity (Wildman–Crippen MR) is 128 cm³/mol. The van der Waals surface area contributed by atoms with Crippen molar-refractivity contribution in [3.8, 4) is 0 Å². The third-order valence-corrected chi connectivity index (χ3v) is 7.84. The Balaban J connectivity index is 2.02. The molecule has 0 bridgehead atoms. The number of carbonyl (C=O) groups excluding carboxylic acids is 1. The molecule has 4 rings (SSSR count). The average Bonchev–Trinajstić information content (AvgIpc) is 3.18. The summed E-state index contributed by atoms with van der Waals surface area (Å²) in [7, 11) is -2.97. The van der Waals surface area contributed by atoms with Crippen molar-refractivity contribution in [3.05, 3.63) is 98.6 Å². The molecule has 1 N–H and O–H groups in total. The van der Waals surface area contributed by atoms with Crippen molar-refractivity contribution >= 4 is 61.7 Å². The number of halogens is 3. The molecule has 0 radical (unpaired) electrons. The van der Waals surface area contributed by atoms with E-state index in [4.69, 9.17) is 39.5 Å². The van der Waals surface area contributed by atoms with Gasteiger partial charge in [-0.05, 0) is 42.5 Å². The van der Waals surface area contributed by atoms with E-state index < -0.39 is 22.1 Å². The molecule has 0 fully saturated rings. The molecular weight excluding hydrogens is 509 g/mol. The zero-order chi connectivity index (χ0) is 23.9. The highest BCUT2D eigenvalue weighted by molar-refractivity contribution is 7.90. The molecule has 1 atom stereocenters. The number of hydrogen-bond acceptors (Lipinski definition) is 5. The Hall–Kier alpha value is -2.55. The maximum atomic E-state index is 13.6. The minimum Gasteiger partial charge on any atom is -0.465 e. The monoisotopic (exact) mass is 523 g/mol. The largest absolute Gasteiger partial charge is 0.465 e. The van der Waals surface area contributed by atoms with Gasteiger partial charge in [-0.1, -0.05) is 59.1 Å². The highest BCUT2D eigenvalue weighted by Gasteiger charge is 2.30. The fourth-order valence-electron chi connectivity index (χ4n) is 3.56. The van der Waals surface area contributed by atoms with Crippen LogP contribution in [0.3, 0.4) is 0 Å². The van der Waals surface area contributed by atoms with Gasteiger partial charge in [0.2, 0.25) is 0 Å². The van der Waals surface area contributed by atoms with Crippen LogP contribution in [0.2, 0.25) is 15.1 Å². The van der Waals surface area contributed by atoms with Gasteiger partial charge in [-0.3, -0.25) is 0 Å². The summed E-state index contributed by atoms with van der Waals surface area (Å²) in [4.78, 5) is 12.1. The molecule has 0 saturated heterocycles. The Morgan fingerprint density at radius 2 is 1.70 bits per heavy atom. The Morgan fingerprint density at radius 3 is 2.36 bits per heavy atom. The topological polar surface area (TPSA) is 85.6 Å². The predicted octanol–water partition coefficient (Wildman–Crippen LogP) is 5.71. The lowest BCUT2D eigenvalue weighted by atomic mass is 10.0. The number of benzene rings is 3. The smallest absolute Gasteiger partial charge is 0.339 e. The van der Waals surface area contributed by atoms with Crippen LogP contribution in [-0.4, -0.2) is 30.6 Å². The fourth-order valence-corrected chi connectivity index (χ4v) is 5.94. The van der Waals surface area contributed by atoms with Gasteiger partial charge in [-0.2, -0.15) is 0 Å². The van der Waals surface area contributed by atoms with Crippen LogP contribution in [0.5, 0.6) is 0 Å². The van der Waals surface area contributed by atoms with E-state index in [1.54, 1.807) is 30.3 Å². The van der Waals surface area contributed by atoms with Crippen molar-refractivity contribution in [2.45, 2.75) is 11.0 Å². The molecule has 1 aromatic heterocycles. The molecule has 0 aliphatic carbocycles. The molecule has 10 heteroatoms. The number of aliphatic hydroxyl groups is 1. The van der Waals surface area contributed by atoms with Crippen molar-refractivity contribution in [2.75, 3.05) is 7.11 Å². The van der Waals surface area contributed by atoms with Crippen molar-refractivity contribution < 1.29 is 23.1 Å². The number of hydrogen-bond donors (Lipinski definition) is 1. The minimum atomic E-state index is -4.16. The second-order valence-corrected chi connectivity index (χ2v) is 10.1. The number of esters is 1. The first-order valence-corrected chi connectivity index (χ1v) is 12.1. The molecule has 1 heterocycles. The molecule has 33 heavy (non-hydrogen) atoms. The molecule has 4 aromatic rings. The van der Waals surface area contributed by atoms with Crippen LogP contribution in [0.25, 0.3) is 10.9 Å². The lowest BCUT2D eigenvalue weighted by Crippen LogP contribution is -2.19. The van der Waals surface area contributed by atoms with E-state index in [1.165, 1.54) is 43.5 Å². The van der Waals surface area contributed by atoms with Crippen LogP contribution < -0.4 is 0 Å². The third-order valence-electron chi connectivity index (χ3n) is 5.12. The molecule has 6 nitrogen and oxygen atoms in total. The number of fused-ring (bicyclic) bond motifs is 1. The number of methoxy groups -OCH3 is 1. The van der Waals surface area contributed by atoms with Gasteiger partial charge in [0.05, 0.1) is 33.8 Å². The van der Waals surface area contributed by atoms with Crippen LogP contribution in [0.4, 0.5) is 0 Å². The molecular formula is C23H16Cl3NO5S. The minimum absolute atomic E-state index is 0.0106. The van der Waals surface area contributed by atoms with Gasteiger partial charge >= 0.3 is 5.97 Å². The first kappa shape index (κ1) is 23.6. The Kier molecular flexibility index (Phi) is 6.44. The van der Waals surface area contributed by atoms with Crippen molar-refractivity contribution in [1.29, 1.82) is 0 Å². The summed E-state index contributed by atoms with van der Waals surface area (Å²) in [6, 6.07) is 16.8. The number of aromatic nitrogens is 1. The molecule has 3 aromatic carbocycles. The van der Waals surface area contributed by atoms with Gasteiger partial charge < -0.3 is 9.84 Å². The van der Waals surface area contributed by atoms with Gasteiger partial charge in [0.1, 0.15) is 6.10 Å². The molecule has 170 valence electrons. The summed E-state index contributed by atoms with van der Waals surface area (Å²) < 4.78 is 33.0. The molecule has 0 aliphatic rings. The maximum Gasteiger partial charge on any atom is 0.339 e. The third kappa shape index (κ3) is 4.11. The SMILES string of the molecule is COC(=O)c1ccc(Cl)c(C(O)c2cc3ccc(Cl)cc3n2S(=O)(=O)c2ccccc2)c1Cl. The highest BCUT2D eigenvalue weighted by Crippen LogP contribution is 2.40. The van der Waals surface area contributed by atoms with Crippen molar-refractivity contribution in [3.63, 3.8) is 0 Å². The molecule has 0 aliphatic heterocycles. The summed E-state index contributed by atoms with van der Waals surface area (Å²) >= 11 is 18.9. The summed E-state index contributed by atoms with van der Waals surface area (Å²) in [5, 5.41) is 12.1. The van der Waals surface area contributed by atoms with E-state index in [9.17, 15) is 18.3 Å². The Morgan fingerprint density at radius 1 is 1.00 bits per heavy atom. The van der Waals surface area contributed by atoms with Crippen LogP contribution in [0.15, 0.2) is 71.6 Å². The van der Waals surface area contributed by atoms with Gasteiger partial charge in [0.25, 0.3) is 10.0 Å². The number of carbonyl (C=O) groups is 1. The quantitative estimate of drug-likeness (QED) is 0.338. The van der Waals surface area contributed by atoms with Gasteiger partial charge in [0, 0.05) is 21.0 Å². The zero-order valence-corrected chi connectivity index (χ0v) is 20.1.